The molecule has 4 aromatic rings. The van der Waals surface area contributed by atoms with E-state index in [0.717, 1.165) is 11.1 Å². The smallest absolute Gasteiger partial charge is 0.419 e. The van der Waals surface area contributed by atoms with Crippen LogP contribution in [0.2, 0.25) is 0 Å². The molecule has 0 atom stereocenters. The summed E-state index contributed by atoms with van der Waals surface area (Å²) < 4.78 is 25.4. The molecule has 0 amide bonds. The van der Waals surface area contributed by atoms with Gasteiger partial charge < -0.3 is 8.83 Å². The second-order valence-corrected chi connectivity index (χ2v) is 6.38. The molecule has 0 bridgehead atoms. The Hall–Kier alpha value is -2.80. The largest absolute Gasteiger partial charge is 0.431 e. The SMILES string of the molecule is O=c1oc2ccccc2n1CCSc1ncc(-c2ccc(F)cc2)o1. The van der Waals surface area contributed by atoms with Gasteiger partial charge in [-0.05, 0) is 36.4 Å². The Kier molecular flexibility index (Phi) is 4.15. The van der Waals surface area contributed by atoms with Crippen LogP contribution in [0.4, 0.5) is 4.39 Å². The highest BCUT2D eigenvalue weighted by Gasteiger charge is 2.10. The first-order valence-corrected chi connectivity index (χ1v) is 8.62. The molecule has 0 radical (unpaired) electrons. The summed E-state index contributed by atoms with van der Waals surface area (Å²) in [7, 11) is 0. The number of nitrogens with zero attached hydrogens (tertiary/aromatic N) is 2. The zero-order chi connectivity index (χ0) is 17.2. The van der Waals surface area contributed by atoms with Crippen molar-refractivity contribution in [2.24, 2.45) is 0 Å². The fraction of sp³-hybridized carbons (Fsp3) is 0.111. The number of oxazole rings is 2. The minimum atomic E-state index is -0.374. The Labute approximate surface area is 146 Å². The molecule has 5 nitrogen and oxygen atoms in total. The molecule has 0 fully saturated rings. The predicted octanol–water partition coefficient (Wildman–Crippen LogP) is 4.18. The maximum atomic E-state index is 13.0. The Balaban J connectivity index is 1.44. The number of aromatic nitrogens is 2. The molecular formula is C18H13FN2O3S. The predicted molar refractivity (Wildman–Crippen MR) is 93.1 cm³/mol. The molecule has 126 valence electrons. The van der Waals surface area contributed by atoms with Gasteiger partial charge in [0.15, 0.2) is 11.3 Å². The third-order valence-electron chi connectivity index (χ3n) is 3.73. The van der Waals surface area contributed by atoms with Gasteiger partial charge in [0.1, 0.15) is 5.82 Å². The molecule has 0 spiro atoms. The third kappa shape index (κ3) is 3.23. The molecule has 0 saturated carbocycles. The van der Waals surface area contributed by atoms with E-state index in [-0.39, 0.29) is 11.6 Å². The van der Waals surface area contributed by atoms with Crippen LogP contribution in [0.15, 0.2) is 73.6 Å². The van der Waals surface area contributed by atoms with E-state index in [1.165, 1.54) is 23.9 Å². The molecule has 0 aliphatic carbocycles. The number of thioether (sulfide) groups is 1. The Morgan fingerprint density at radius 2 is 1.88 bits per heavy atom. The molecular weight excluding hydrogens is 343 g/mol. The summed E-state index contributed by atoms with van der Waals surface area (Å²) in [6, 6.07) is 13.3. The van der Waals surface area contributed by atoms with Gasteiger partial charge in [-0.1, -0.05) is 23.9 Å². The van der Waals surface area contributed by atoms with E-state index in [1.54, 1.807) is 29.0 Å². The van der Waals surface area contributed by atoms with Crippen molar-refractivity contribution >= 4 is 22.9 Å². The average molecular weight is 356 g/mol. The van der Waals surface area contributed by atoms with Crippen molar-refractivity contribution in [3.63, 3.8) is 0 Å². The highest BCUT2D eigenvalue weighted by molar-refractivity contribution is 7.99. The van der Waals surface area contributed by atoms with Crippen molar-refractivity contribution in [3.8, 4) is 11.3 Å². The van der Waals surface area contributed by atoms with E-state index in [0.29, 0.717) is 28.9 Å². The van der Waals surface area contributed by atoms with Crippen molar-refractivity contribution in [1.29, 1.82) is 0 Å². The summed E-state index contributed by atoms with van der Waals surface area (Å²) in [5.74, 6) is 0.512. The lowest BCUT2D eigenvalue weighted by molar-refractivity contribution is 0.465. The lowest BCUT2D eigenvalue weighted by atomic mass is 10.2. The average Bonchev–Trinajstić information content (AvgIpc) is 3.21. The van der Waals surface area contributed by atoms with Gasteiger partial charge in [0.25, 0.3) is 5.22 Å². The van der Waals surface area contributed by atoms with Crippen LogP contribution in [-0.2, 0) is 6.54 Å². The van der Waals surface area contributed by atoms with Crippen LogP contribution in [0.25, 0.3) is 22.4 Å². The summed E-state index contributed by atoms with van der Waals surface area (Å²) >= 11 is 1.40. The summed E-state index contributed by atoms with van der Waals surface area (Å²) in [4.78, 5) is 16.1. The maximum Gasteiger partial charge on any atom is 0.419 e. The first-order chi connectivity index (χ1) is 12.2. The first-order valence-electron chi connectivity index (χ1n) is 7.64. The zero-order valence-electron chi connectivity index (χ0n) is 13.0. The van der Waals surface area contributed by atoms with Gasteiger partial charge >= 0.3 is 5.76 Å². The molecule has 2 aromatic carbocycles. The minimum absolute atomic E-state index is 0.296. The summed E-state index contributed by atoms with van der Waals surface area (Å²) in [5, 5.41) is 0.500. The number of hydrogen-bond donors (Lipinski definition) is 0. The highest BCUT2D eigenvalue weighted by Crippen LogP contribution is 2.25. The van der Waals surface area contributed by atoms with Gasteiger partial charge in [0.2, 0.25) is 0 Å². The van der Waals surface area contributed by atoms with E-state index in [4.69, 9.17) is 8.83 Å². The van der Waals surface area contributed by atoms with Crippen molar-refractivity contribution in [2.45, 2.75) is 11.8 Å². The van der Waals surface area contributed by atoms with Crippen LogP contribution in [0.5, 0.6) is 0 Å². The molecule has 7 heteroatoms. The zero-order valence-corrected chi connectivity index (χ0v) is 13.8. The molecule has 0 aliphatic heterocycles. The van der Waals surface area contributed by atoms with Crippen molar-refractivity contribution in [3.05, 3.63) is 71.1 Å². The second kappa shape index (κ2) is 6.60. The van der Waals surface area contributed by atoms with E-state index in [1.807, 2.05) is 18.2 Å². The van der Waals surface area contributed by atoms with Gasteiger partial charge in [-0.25, -0.2) is 14.2 Å². The van der Waals surface area contributed by atoms with Gasteiger partial charge in [0, 0.05) is 17.9 Å². The Bertz CT molecular complexity index is 1070. The normalized spacial score (nSPS) is 11.2. The van der Waals surface area contributed by atoms with Gasteiger partial charge in [-0.15, -0.1) is 0 Å². The molecule has 2 heterocycles. The monoisotopic (exact) mass is 356 g/mol. The molecule has 2 aromatic heterocycles. The number of hydrogen-bond acceptors (Lipinski definition) is 5. The topological polar surface area (TPSA) is 61.2 Å². The van der Waals surface area contributed by atoms with E-state index >= 15 is 0 Å². The Morgan fingerprint density at radius 3 is 2.72 bits per heavy atom. The van der Waals surface area contributed by atoms with Crippen LogP contribution in [0, 0.1) is 5.82 Å². The highest BCUT2D eigenvalue weighted by atomic mass is 32.2. The lowest BCUT2D eigenvalue weighted by Gasteiger charge is -2.00. The fourth-order valence-electron chi connectivity index (χ4n) is 2.52. The summed E-state index contributed by atoms with van der Waals surface area (Å²) in [5.41, 5.74) is 2.11. The van der Waals surface area contributed by atoms with Crippen molar-refractivity contribution in [2.75, 3.05) is 5.75 Å². The summed E-state index contributed by atoms with van der Waals surface area (Å²) in [6.45, 7) is 0.481. The Morgan fingerprint density at radius 1 is 1.08 bits per heavy atom. The van der Waals surface area contributed by atoms with Crippen LogP contribution < -0.4 is 5.76 Å². The molecule has 0 saturated heterocycles. The van der Waals surface area contributed by atoms with Gasteiger partial charge in [-0.2, -0.15) is 0 Å². The number of halogens is 1. The van der Waals surface area contributed by atoms with E-state index in [2.05, 4.69) is 4.98 Å². The van der Waals surface area contributed by atoms with Crippen LogP contribution in [0.1, 0.15) is 0 Å². The number of benzene rings is 2. The minimum Gasteiger partial charge on any atom is -0.431 e. The summed E-state index contributed by atoms with van der Waals surface area (Å²) in [6.07, 6.45) is 1.61. The molecule has 0 unspecified atom stereocenters. The maximum absolute atomic E-state index is 13.0. The van der Waals surface area contributed by atoms with Crippen LogP contribution in [-0.4, -0.2) is 15.3 Å². The second-order valence-electron chi connectivity index (χ2n) is 5.33. The van der Waals surface area contributed by atoms with Crippen molar-refractivity contribution < 1.29 is 13.2 Å². The molecule has 4 rings (SSSR count). The van der Waals surface area contributed by atoms with Crippen LogP contribution in [0.3, 0.4) is 0 Å². The van der Waals surface area contributed by atoms with E-state index in [9.17, 15) is 9.18 Å². The number of para-hydroxylation sites is 2. The first kappa shape index (κ1) is 15.7. The molecule has 0 N–H and O–H groups in total. The molecule has 25 heavy (non-hydrogen) atoms. The quantitative estimate of drug-likeness (QED) is 0.502. The van der Waals surface area contributed by atoms with Gasteiger partial charge in [-0.3, -0.25) is 4.57 Å². The number of rotatable bonds is 5. The third-order valence-corrected chi connectivity index (χ3v) is 4.55. The number of fused-ring (bicyclic) bond motifs is 1. The van der Waals surface area contributed by atoms with Crippen LogP contribution >= 0.6 is 11.8 Å². The van der Waals surface area contributed by atoms with E-state index < -0.39 is 0 Å². The lowest BCUT2D eigenvalue weighted by Crippen LogP contribution is -2.15. The number of aryl methyl sites for hydroxylation is 1. The standard InChI is InChI=1S/C18H13FN2O3S/c19-13-7-5-12(6-8-13)16-11-20-17(23-16)25-10-9-21-14-3-1-2-4-15(14)24-18(21)22/h1-8,11H,9-10H2. The fourth-order valence-corrected chi connectivity index (χ4v) is 3.25. The van der Waals surface area contributed by atoms with Crippen molar-refractivity contribution in [1.82, 2.24) is 9.55 Å². The molecule has 0 aliphatic rings. The van der Waals surface area contributed by atoms with Gasteiger partial charge in [0.05, 0.1) is 11.7 Å².